The van der Waals surface area contributed by atoms with Gasteiger partial charge >= 0.3 is 249 Å². The first-order valence-electron chi connectivity index (χ1n) is 15.6. The van der Waals surface area contributed by atoms with E-state index in [2.05, 4.69) is 133 Å². The van der Waals surface area contributed by atoms with Gasteiger partial charge in [-0.15, -0.1) is 0 Å². The van der Waals surface area contributed by atoms with Gasteiger partial charge in [-0.1, -0.05) is 30.3 Å². The molecule has 5 heteroatoms. The molecule has 7 aromatic carbocycles. The number of hydrogen-bond acceptors (Lipinski definition) is 4. The van der Waals surface area contributed by atoms with Crippen molar-refractivity contribution in [3.8, 4) is 55.4 Å². The maximum atomic E-state index is 5.17. The van der Waals surface area contributed by atoms with E-state index < -0.39 is 0 Å². The van der Waals surface area contributed by atoms with Crippen molar-refractivity contribution in [3.05, 3.63) is 158 Å². The van der Waals surface area contributed by atoms with E-state index >= 15 is 0 Å². The van der Waals surface area contributed by atoms with Gasteiger partial charge in [-0.2, -0.15) is 0 Å². The maximum absolute atomic E-state index is 5.17. The zero-order valence-electron chi connectivity index (χ0n) is 25.2. The Hall–Kier alpha value is -5.74. The molecule has 0 spiro atoms. The summed E-state index contributed by atoms with van der Waals surface area (Å²) in [6.45, 7) is 0. The number of fused-ring (bicyclic) bond motifs is 4. The molecule has 0 saturated heterocycles. The number of rotatable bonds is 5. The zero-order chi connectivity index (χ0) is 31.2. The van der Waals surface area contributed by atoms with E-state index in [9.17, 15) is 0 Å². The van der Waals surface area contributed by atoms with Crippen LogP contribution in [0.2, 0.25) is 0 Å². The third-order valence-corrected chi connectivity index (χ3v) is 11.0. The van der Waals surface area contributed by atoms with Crippen LogP contribution < -0.4 is 0 Å². The van der Waals surface area contributed by atoms with Crippen LogP contribution >= 0.6 is 0 Å². The van der Waals surface area contributed by atoms with Gasteiger partial charge in [0, 0.05) is 0 Å². The van der Waals surface area contributed by atoms with Crippen molar-refractivity contribution in [2.45, 2.75) is 0 Å². The molecule has 0 radical (unpaired) electrons. The summed E-state index contributed by atoms with van der Waals surface area (Å²) in [5.41, 5.74) is 7.50. The van der Waals surface area contributed by atoms with E-state index in [1.807, 2.05) is 24.3 Å². The van der Waals surface area contributed by atoms with Gasteiger partial charge in [-0.3, -0.25) is 0 Å². The van der Waals surface area contributed by atoms with Crippen molar-refractivity contribution in [2.75, 3.05) is 0 Å². The second-order valence-electron chi connectivity index (χ2n) is 11.5. The summed E-state index contributed by atoms with van der Waals surface area (Å²) in [5.74, 6) is 1.96. The van der Waals surface area contributed by atoms with Crippen LogP contribution in [0.25, 0.3) is 86.7 Å². The monoisotopic (exact) mass is 666 g/mol. The van der Waals surface area contributed by atoms with Gasteiger partial charge in [-0.25, -0.2) is 0 Å². The molecule has 0 aliphatic carbocycles. The van der Waals surface area contributed by atoms with Crippen molar-refractivity contribution in [3.63, 3.8) is 0 Å². The average Bonchev–Trinajstić information content (AvgIpc) is 3.60. The molecule has 9 aromatic rings. The van der Waals surface area contributed by atoms with Crippen molar-refractivity contribution in [2.24, 2.45) is 0 Å². The third-order valence-electron chi connectivity index (χ3n) is 8.57. The second-order valence-corrected chi connectivity index (χ2v) is 13.6. The molecule has 0 atom stereocenters. The predicted octanol–water partition coefficient (Wildman–Crippen LogP) is 10.1. The number of benzene rings is 7. The van der Waals surface area contributed by atoms with Gasteiger partial charge in [0.15, 0.2) is 0 Å². The third kappa shape index (κ3) is 5.03. The summed E-state index contributed by atoms with van der Waals surface area (Å²) in [4.78, 5) is 20.4. The Morgan fingerprint density at radius 3 is 1.66 bits per heavy atom. The quantitative estimate of drug-likeness (QED) is 0.172. The second kappa shape index (κ2) is 11.6. The molecule has 0 fully saturated rings. The van der Waals surface area contributed by atoms with Crippen LogP contribution in [0.1, 0.15) is 0 Å². The number of hydrogen-bond donors (Lipinski definition) is 0. The van der Waals surface area contributed by atoms with E-state index in [0.29, 0.717) is 17.5 Å². The minimum absolute atomic E-state index is 0.0910. The van der Waals surface area contributed by atoms with Gasteiger partial charge in [-0.05, 0) is 0 Å². The zero-order valence-corrected chi connectivity index (χ0v) is 26.9. The van der Waals surface area contributed by atoms with Crippen LogP contribution in [0, 0.1) is 0 Å². The molecule has 0 N–H and O–H groups in total. The van der Waals surface area contributed by atoms with Crippen LogP contribution in [-0.4, -0.2) is 34.4 Å². The average molecular weight is 666 g/mol. The van der Waals surface area contributed by atoms with Crippen LogP contribution in [0.15, 0.2) is 158 Å². The number of aromatic nitrogens is 4. The molecule has 4 nitrogen and oxygen atoms in total. The Kier molecular flexibility index (Phi) is 6.78. The summed E-state index contributed by atoms with van der Waals surface area (Å²) in [6, 6.07) is 54.9. The van der Waals surface area contributed by atoms with Crippen molar-refractivity contribution < 1.29 is 0 Å². The fourth-order valence-electron chi connectivity index (χ4n) is 6.26. The molecule has 2 aromatic heterocycles. The first-order valence-corrected chi connectivity index (χ1v) is 17.3. The molecule has 0 unspecified atom stereocenters. The topological polar surface area (TPSA) is 51.6 Å². The molecule has 0 aliphatic rings. The Morgan fingerprint density at radius 2 is 0.936 bits per heavy atom. The summed E-state index contributed by atoms with van der Waals surface area (Å²) < 4.78 is 2.46. The van der Waals surface area contributed by atoms with E-state index in [0.717, 1.165) is 37.5 Å². The summed E-state index contributed by atoms with van der Waals surface area (Å²) >= 11 is 0.0910. The normalized spacial score (nSPS) is 11.4. The van der Waals surface area contributed by atoms with Crippen LogP contribution in [0.5, 0.6) is 0 Å². The van der Waals surface area contributed by atoms with Crippen molar-refractivity contribution >= 4 is 45.8 Å². The van der Waals surface area contributed by atoms with E-state index in [1.165, 1.54) is 31.7 Å². The summed E-state index contributed by atoms with van der Waals surface area (Å²) in [5, 5.41) is 4.67. The fourth-order valence-corrected chi connectivity index (χ4v) is 8.56. The fraction of sp³-hybridized carbons (Fsp3) is 0. The molecule has 9 rings (SSSR count). The summed E-state index contributed by atoms with van der Waals surface area (Å²) in [7, 11) is 0. The standard InChI is InChI=1S/C42H26N4Se/c1-4-12-27(13-5-1)32-18-10-20-34-33(32)19-11-21-35(34)41-45-39(29-14-6-2-7-15-29)44-40(46-41)31-23-22-28-24-25-37-38(36(28)26-31)47-42(43-37)30-16-8-3-9-17-30/h1-26H. The van der Waals surface area contributed by atoms with Crippen LogP contribution in [0.4, 0.5) is 0 Å². The Labute approximate surface area is 277 Å². The van der Waals surface area contributed by atoms with Crippen LogP contribution in [0.3, 0.4) is 0 Å². The van der Waals surface area contributed by atoms with Gasteiger partial charge in [0.25, 0.3) is 0 Å². The predicted molar refractivity (Wildman–Crippen MR) is 194 cm³/mol. The van der Waals surface area contributed by atoms with E-state index in [1.54, 1.807) is 0 Å². The Balaban J connectivity index is 1.24. The van der Waals surface area contributed by atoms with E-state index in [4.69, 9.17) is 19.9 Å². The van der Waals surface area contributed by atoms with Crippen molar-refractivity contribution in [1.29, 1.82) is 0 Å². The molecule has 0 amide bonds. The van der Waals surface area contributed by atoms with Gasteiger partial charge < -0.3 is 0 Å². The van der Waals surface area contributed by atoms with Gasteiger partial charge in [0.1, 0.15) is 0 Å². The first kappa shape index (κ1) is 27.6. The molecule has 0 aliphatic heterocycles. The van der Waals surface area contributed by atoms with Gasteiger partial charge in [0.2, 0.25) is 0 Å². The van der Waals surface area contributed by atoms with E-state index in [-0.39, 0.29) is 14.5 Å². The molecular weight excluding hydrogens is 639 g/mol. The molecule has 0 saturated carbocycles. The van der Waals surface area contributed by atoms with Gasteiger partial charge in [0.05, 0.1) is 0 Å². The minimum atomic E-state index is 0.0910. The molecular formula is C42H26N4Se. The SMILES string of the molecule is c1ccc(-c2nc(-c3ccc4ccc5nc(-c6ccccc6)[se]c5c4c3)nc(-c3cccc4c(-c5ccccc5)cccc34)n2)cc1. The molecule has 47 heavy (non-hydrogen) atoms. The summed E-state index contributed by atoms with van der Waals surface area (Å²) in [6.07, 6.45) is 0. The Morgan fingerprint density at radius 1 is 0.362 bits per heavy atom. The molecule has 2 heterocycles. The molecule has 0 bridgehead atoms. The Bertz CT molecular complexity index is 2560. The number of nitrogens with zero attached hydrogens (tertiary/aromatic N) is 4. The van der Waals surface area contributed by atoms with Crippen molar-refractivity contribution in [1.82, 2.24) is 19.9 Å². The molecule has 220 valence electrons. The first-order chi connectivity index (χ1) is 23.3. The van der Waals surface area contributed by atoms with Crippen LogP contribution in [-0.2, 0) is 0 Å².